The Morgan fingerprint density at radius 1 is 1.12 bits per heavy atom. The zero-order valence-corrected chi connectivity index (χ0v) is 13.9. The van der Waals surface area contributed by atoms with Crippen molar-refractivity contribution >= 4 is 16.8 Å². The predicted molar refractivity (Wildman–Crippen MR) is 96.0 cm³/mol. The van der Waals surface area contributed by atoms with Crippen LogP contribution in [0.1, 0.15) is 15.9 Å². The maximum Gasteiger partial charge on any atom is 0.254 e. The van der Waals surface area contributed by atoms with Crippen LogP contribution in [0.5, 0.6) is 0 Å². The third-order valence-corrected chi connectivity index (χ3v) is 4.08. The number of amides is 1. The first-order chi connectivity index (χ1) is 11.6. The van der Waals surface area contributed by atoms with Crippen LogP contribution < -0.4 is 0 Å². The predicted octanol–water partition coefficient (Wildman–Crippen LogP) is 3.27. The van der Waals surface area contributed by atoms with Crippen molar-refractivity contribution in [1.29, 1.82) is 0 Å². The summed E-state index contributed by atoms with van der Waals surface area (Å²) >= 11 is 0. The highest BCUT2D eigenvalue weighted by atomic mass is 16.3. The number of carbonyl (C=O) groups excluding carboxylic acids is 1. The van der Waals surface area contributed by atoms with Crippen LogP contribution in [0.3, 0.4) is 0 Å². The van der Waals surface area contributed by atoms with Crippen LogP contribution in [0.4, 0.5) is 0 Å². The van der Waals surface area contributed by atoms with Crippen molar-refractivity contribution in [2.24, 2.45) is 0 Å². The van der Waals surface area contributed by atoms with Gasteiger partial charge in [-0.15, -0.1) is 0 Å². The minimum atomic E-state index is -0.115. The molecule has 0 spiro atoms. The summed E-state index contributed by atoms with van der Waals surface area (Å²) in [5.41, 5.74) is 4.32. The Kier molecular flexibility index (Phi) is 4.58. The summed E-state index contributed by atoms with van der Waals surface area (Å²) in [4.78, 5) is 19.0. The highest BCUT2D eigenvalue weighted by Crippen LogP contribution is 2.26. The summed E-state index contributed by atoms with van der Waals surface area (Å²) in [6.45, 7) is 2.28. The van der Waals surface area contributed by atoms with Gasteiger partial charge in [0.05, 0.1) is 23.4 Å². The lowest BCUT2D eigenvalue weighted by molar-refractivity contribution is 0.0769. The Hall–Kier alpha value is -2.72. The van der Waals surface area contributed by atoms with Crippen LogP contribution in [0, 0.1) is 6.92 Å². The molecule has 0 bridgehead atoms. The minimum absolute atomic E-state index is 0.0594. The zero-order valence-electron chi connectivity index (χ0n) is 13.9. The summed E-state index contributed by atoms with van der Waals surface area (Å²) in [6.07, 6.45) is 0. The van der Waals surface area contributed by atoms with E-state index in [1.807, 2.05) is 61.5 Å². The molecule has 1 amide bonds. The fraction of sp³-hybridized carbons (Fsp3) is 0.200. The number of para-hydroxylation sites is 1. The molecule has 122 valence electrons. The Morgan fingerprint density at radius 3 is 2.54 bits per heavy atom. The Bertz CT molecular complexity index is 872. The van der Waals surface area contributed by atoms with Crippen LogP contribution in [0.25, 0.3) is 22.2 Å². The summed E-state index contributed by atoms with van der Waals surface area (Å²) in [5, 5.41) is 9.92. The number of pyridine rings is 1. The molecule has 1 heterocycles. The van der Waals surface area contributed by atoms with E-state index in [1.165, 1.54) is 10.5 Å². The topological polar surface area (TPSA) is 53.4 Å². The van der Waals surface area contributed by atoms with Crippen LogP contribution in [0.15, 0.2) is 54.6 Å². The Labute approximate surface area is 141 Å². The van der Waals surface area contributed by atoms with Crippen LogP contribution in [0.2, 0.25) is 0 Å². The second-order valence-corrected chi connectivity index (χ2v) is 5.89. The highest BCUT2D eigenvalue weighted by molar-refractivity contribution is 6.07. The number of benzene rings is 2. The largest absolute Gasteiger partial charge is 0.395 e. The Balaban J connectivity index is 2.16. The highest BCUT2D eigenvalue weighted by Gasteiger charge is 2.17. The van der Waals surface area contributed by atoms with E-state index < -0.39 is 0 Å². The number of hydrogen-bond acceptors (Lipinski definition) is 3. The summed E-state index contributed by atoms with van der Waals surface area (Å²) in [7, 11) is 1.69. The first kappa shape index (κ1) is 16.1. The van der Waals surface area contributed by atoms with Crippen molar-refractivity contribution in [2.75, 3.05) is 20.2 Å². The summed E-state index contributed by atoms with van der Waals surface area (Å²) in [6, 6.07) is 17.6. The van der Waals surface area contributed by atoms with Gasteiger partial charge in [0.1, 0.15) is 0 Å². The number of aryl methyl sites for hydroxylation is 1. The monoisotopic (exact) mass is 320 g/mol. The molecule has 0 aliphatic carbocycles. The molecule has 0 unspecified atom stereocenters. The average Bonchev–Trinajstić information content (AvgIpc) is 2.61. The van der Waals surface area contributed by atoms with Gasteiger partial charge in [-0.1, -0.05) is 48.0 Å². The lowest BCUT2D eigenvalue weighted by atomic mass is 10.0. The van der Waals surface area contributed by atoms with Crippen molar-refractivity contribution in [3.05, 3.63) is 65.7 Å². The number of hydrogen-bond donors (Lipinski definition) is 1. The minimum Gasteiger partial charge on any atom is -0.395 e. The standard InChI is InChI=1S/C20H20N2O2/c1-14-7-9-15(10-8-14)19-13-17(20(24)22(2)11-12-23)16-5-3-4-6-18(16)21-19/h3-10,13,23H,11-12H2,1-2H3. The molecule has 4 heteroatoms. The summed E-state index contributed by atoms with van der Waals surface area (Å²) in [5.74, 6) is -0.115. The first-order valence-corrected chi connectivity index (χ1v) is 7.93. The van der Waals surface area contributed by atoms with Gasteiger partial charge in [0.15, 0.2) is 0 Å². The van der Waals surface area contributed by atoms with Gasteiger partial charge >= 0.3 is 0 Å². The number of nitrogens with zero attached hydrogens (tertiary/aromatic N) is 2. The average molecular weight is 320 g/mol. The van der Waals surface area contributed by atoms with Crippen LogP contribution in [-0.2, 0) is 0 Å². The van der Waals surface area contributed by atoms with E-state index >= 15 is 0 Å². The second-order valence-electron chi connectivity index (χ2n) is 5.89. The number of likely N-dealkylation sites (N-methyl/N-ethyl adjacent to an activating group) is 1. The molecule has 3 aromatic rings. The van der Waals surface area contributed by atoms with E-state index in [9.17, 15) is 4.79 Å². The molecular formula is C20H20N2O2. The molecule has 0 fully saturated rings. The van der Waals surface area contributed by atoms with Gasteiger partial charge in [0.25, 0.3) is 5.91 Å². The lowest BCUT2D eigenvalue weighted by Crippen LogP contribution is -2.29. The molecule has 2 aromatic carbocycles. The molecule has 0 aliphatic heterocycles. The third kappa shape index (κ3) is 3.14. The number of aliphatic hydroxyl groups excluding tert-OH is 1. The normalized spacial score (nSPS) is 10.8. The quantitative estimate of drug-likeness (QED) is 0.802. The molecule has 0 radical (unpaired) electrons. The SMILES string of the molecule is Cc1ccc(-c2cc(C(=O)N(C)CCO)c3ccccc3n2)cc1. The van der Waals surface area contributed by atoms with Gasteiger partial charge in [0, 0.05) is 24.5 Å². The number of fused-ring (bicyclic) bond motifs is 1. The smallest absolute Gasteiger partial charge is 0.254 e. The van der Waals surface area contributed by atoms with E-state index in [4.69, 9.17) is 10.1 Å². The van der Waals surface area contributed by atoms with Gasteiger partial charge in [0.2, 0.25) is 0 Å². The molecule has 24 heavy (non-hydrogen) atoms. The van der Waals surface area contributed by atoms with Crippen molar-refractivity contribution in [3.63, 3.8) is 0 Å². The van der Waals surface area contributed by atoms with E-state index in [0.29, 0.717) is 12.1 Å². The van der Waals surface area contributed by atoms with Gasteiger partial charge in [-0.05, 0) is 19.1 Å². The maximum absolute atomic E-state index is 12.8. The van der Waals surface area contributed by atoms with Gasteiger partial charge in [-0.2, -0.15) is 0 Å². The van der Waals surface area contributed by atoms with Crippen molar-refractivity contribution in [3.8, 4) is 11.3 Å². The van der Waals surface area contributed by atoms with Gasteiger partial charge in [-0.25, -0.2) is 4.98 Å². The van der Waals surface area contributed by atoms with Gasteiger partial charge < -0.3 is 10.0 Å². The third-order valence-electron chi connectivity index (χ3n) is 4.08. The van der Waals surface area contributed by atoms with E-state index in [1.54, 1.807) is 7.05 Å². The second kappa shape index (κ2) is 6.81. The first-order valence-electron chi connectivity index (χ1n) is 7.93. The molecule has 1 N–H and O–H groups in total. The molecule has 4 nitrogen and oxygen atoms in total. The summed E-state index contributed by atoms with van der Waals surface area (Å²) < 4.78 is 0. The molecule has 3 rings (SSSR count). The van der Waals surface area contributed by atoms with E-state index in [0.717, 1.165) is 22.2 Å². The fourth-order valence-corrected chi connectivity index (χ4v) is 2.68. The maximum atomic E-state index is 12.8. The van der Waals surface area contributed by atoms with Crippen molar-refractivity contribution in [2.45, 2.75) is 6.92 Å². The molecular weight excluding hydrogens is 300 g/mol. The van der Waals surface area contributed by atoms with Crippen molar-refractivity contribution < 1.29 is 9.90 Å². The fourth-order valence-electron chi connectivity index (χ4n) is 2.68. The van der Waals surface area contributed by atoms with Gasteiger partial charge in [-0.3, -0.25) is 4.79 Å². The van der Waals surface area contributed by atoms with Crippen molar-refractivity contribution in [1.82, 2.24) is 9.88 Å². The molecule has 0 saturated carbocycles. The van der Waals surface area contributed by atoms with Crippen LogP contribution >= 0.6 is 0 Å². The van der Waals surface area contributed by atoms with Crippen LogP contribution in [-0.4, -0.2) is 41.1 Å². The molecule has 1 aromatic heterocycles. The number of aliphatic hydroxyl groups is 1. The molecule has 0 aliphatic rings. The Morgan fingerprint density at radius 2 is 1.83 bits per heavy atom. The van der Waals surface area contributed by atoms with E-state index in [-0.39, 0.29) is 12.5 Å². The zero-order chi connectivity index (χ0) is 17.1. The lowest BCUT2D eigenvalue weighted by Gasteiger charge is -2.17. The molecule has 0 saturated heterocycles. The number of rotatable bonds is 4. The number of aromatic nitrogens is 1. The molecule has 0 atom stereocenters. The van der Waals surface area contributed by atoms with E-state index in [2.05, 4.69) is 0 Å². The number of carbonyl (C=O) groups is 1.